The summed E-state index contributed by atoms with van der Waals surface area (Å²) in [6.45, 7) is 5.23. The van der Waals surface area contributed by atoms with Crippen molar-refractivity contribution in [3.05, 3.63) is 24.4 Å². The third-order valence-corrected chi connectivity index (χ3v) is 5.89. The zero-order valence-electron chi connectivity index (χ0n) is 17.0. The molecule has 10 nitrogen and oxygen atoms in total. The number of hydrogen-bond acceptors (Lipinski definition) is 8. The number of carbonyl (C=O) groups excluding carboxylic acids is 1. The van der Waals surface area contributed by atoms with E-state index in [1.165, 1.54) is 0 Å². The van der Waals surface area contributed by atoms with E-state index < -0.39 is 0 Å². The van der Waals surface area contributed by atoms with Crippen LogP contribution in [0.2, 0.25) is 0 Å². The van der Waals surface area contributed by atoms with E-state index in [1.807, 2.05) is 18.2 Å². The molecule has 1 amide bonds. The SMILES string of the molecule is O=C(CCl)N1CCN(c2nc(-c3cccc4[nH]ncc34)nc(N3CCOCC3)n2)CC1. The Kier molecular flexibility index (Phi) is 5.56. The molecule has 0 atom stereocenters. The molecule has 3 aromatic rings. The number of anilines is 2. The number of alkyl halides is 1. The van der Waals surface area contributed by atoms with Gasteiger partial charge in [0.15, 0.2) is 5.82 Å². The number of aromatic amines is 1. The second-order valence-corrected chi connectivity index (χ2v) is 7.76. The number of amides is 1. The van der Waals surface area contributed by atoms with Crippen molar-refractivity contribution in [3.63, 3.8) is 0 Å². The minimum Gasteiger partial charge on any atom is -0.378 e. The molecular weight excluding hydrogens is 420 g/mol. The van der Waals surface area contributed by atoms with Crippen molar-refractivity contribution in [2.24, 2.45) is 0 Å². The molecule has 2 aliphatic rings. The van der Waals surface area contributed by atoms with Gasteiger partial charge in [-0.25, -0.2) is 0 Å². The fraction of sp³-hybridized carbons (Fsp3) is 0.450. The van der Waals surface area contributed by atoms with E-state index in [1.54, 1.807) is 11.1 Å². The maximum atomic E-state index is 11.9. The van der Waals surface area contributed by atoms with Gasteiger partial charge < -0.3 is 19.4 Å². The van der Waals surface area contributed by atoms with E-state index in [9.17, 15) is 4.79 Å². The Morgan fingerprint density at radius 1 is 1.00 bits per heavy atom. The van der Waals surface area contributed by atoms with Gasteiger partial charge in [0.05, 0.1) is 24.9 Å². The summed E-state index contributed by atoms with van der Waals surface area (Å²) in [4.78, 5) is 32.3. The van der Waals surface area contributed by atoms with Crippen LogP contribution in [-0.2, 0) is 9.53 Å². The van der Waals surface area contributed by atoms with E-state index in [0.29, 0.717) is 57.1 Å². The zero-order valence-corrected chi connectivity index (χ0v) is 17.8. The number of carbonyl (C=O) groups is 1. The number of piperazine rings is 1. The lowest BCUT2D eigenvalue weighted by molar-refractivity contribution is -0.128. The van der Waals surface area contributed by atoms with Gasteiger partial charge in [-0.05, 0) is 6.07 Å². The van der Waals surface area contributed by atoms with Crippen LogP contribution in [0.5, 0.6) is 0 Å². The highest BCUT2D eigenvalue weighted by Crippen LogP contribution is 2.28. The third-order valence-electron chi connectivity index (χ3n) is 5.66. The number of fused-ring (bicyclic) bond motifs is 1. The molecule has 11 heteroatoms. The summed E-state index contributed by atoms with van der Waals surface area (Å²) < 4.78 is 5.49. The van der Waals surface area contributed by atoms with Crippen LogP contribution in [0.15, 0.2) is 24.4 Å². The number of nitrogens with zero attached hydrogens (tertiary/aromatic N) is 7. The maximum Gasteiger partial charge on any atom is 0.237 e. The van der Waals surface area contributed by atoms with Crippen molar-refractivity contribution in [1.82, 2.24) is 30.0 Å². The maximum absolute atomic E-state index is 11.9. The highest BCUT2D eigenvalue weighted by Gasteiger charge is 2.25. The smallest absolute Gasteiger partial charge is 0.237 e. The molecule has 162 valence electrons. The molecule has 2 aliphatic heterocycles. The van der Waals surface area contributed by atoms with E-state index in [-0.39, 0.29) is 11.8 Å². The van der Waals surface area contributed by atoms with Crippen molar-refractivity contribution >= 4 is 40.3 Å². The first-order valence-corrected chi connectivity index (χ1v) is 10.9. The number of ether oxygens (including phenoxy) is 1. The van der Waals surface area contributed by atoms with Crippen molar-refractivity contribution in [2.45, 2.75) is 0 Å². The molecule has 2 aromatic heterocycles. The summed E-state index contributed by atoms with van der Waals surface area (Å²) in [6.07, 6.45) is 1.79. The average Bonchev–Trinajstić information content (AvgIpc) is 3.33. The first-order chi connectivity index (χ1) is 15.2. The van der Waals surface area contributed by atoms with Crippen molar-refractivity contribution in [3.8, 4) is 11.4 Å². The first kappa shape index (κ1) is 20.0. The number of halogens is 1. The highest BCUT2D eigenvalue weighted by atomic mass is 35.5. The Balaban J connectivity index is 1.51. The van der Waals surface area contributed by atoms with Crippen LogP contribution >= 0.6 is 11.6 Å². The molecule has 5 rings (SSSR count). The van der Waals surface area contributed by atoms with E-state index in [0.717, 1.165) is 29.6 Å². The molecular formula is C20H23ClN8O2. The van der Waals surface area contributed by atoms with Crippen LogP contribution in [0, 0.1) is 0 Å². The Morgan fingerprint density at radius 2 is 1.71 bits per heavy atom. The summed E-state index contributed by atoms with van der Waals surface area (Å²) in [5, 5.41) is 8.13. The number of benzene rings is 1. The highest BCUT2D eigenvalue weighted by molar-refractivity contribution is 6.27. The molecule has 0 bridgehead atoms. The predicted molar refractivity (Wildman–Crippen MR) is 117 cm³/mol. The van der Waals surface area contributed by atoms with Gasteiger partial charge in [0.2, 0.25) is 17.8 Å². The summed E-state index contributed by atoms with van der Waals surface area (Å²) >= 11 is 5.71. The predicted octanol–water partition coefficient (Wildman–Crippen LogP) is 1.14. The third kappa shape index (κ3) is 4.00. The summed E-state index contributed by atoms with van der Waals surface area (Å²) in [5.41, 5.74) is 1.83. The largest absolute Gasteiger partial charge is 0.378 e. The second kappa shape index (κ2) is 8.64. The molecule has 0 radical (unpaired) electrons. The number of aromatic nitrogens is 5. The van der Waals surface area contributed by atoms with Gasteiger partial charge in [0.25, 0.3) is 0 Å². The number of morpholine rings is 1. The molecule has 1 N–H and O–H groups in total. The van der Waals surface area contributed by atoms with Gasteiger partial charge in [0, 0.05) is 50.2 Å². The molecule has 0 saturated carbocycles. The fourth-order valence-corrected chi connectivity index (χ4v) is 4.09. The number of H-pyrrole nitrogens is 1. The quantitative estimate of drug-likeness (QED) is 0.600. The topological polar surface area (TPSA) is 103 Å². The standard InChI is InChI=1S/C20H23ClN8O2/c21-12-17(30)27-4-6-28(7-5-27)19-23-18(14-2-1-3-16-15(14)13-22-26-16)24-20(25-19)29-8-10-31-11-9-29/h1-3,13H,4-12H2,(H,22,26). The minimum atomic E-state index is -0.0432. The molecule has 31 heavy (non-hydrogen) atoms. The normalized spacial score (nSPS) is 17.4. The monoisotopic (exact) mass is 442 g/mol. The molecule has 4 heterocycles. The van der Waals surface area contributed by atoms with Crippen LogP contribution in [0.1, 0.15) is 0 Å². The Morgan fingerprint density at radius 3 is 2.42 bits per heavy atom. The molecule has 0 spiro atoms. The average molecular weight is 443 g/mol. The van der Waals surface area contributed by atoms with Gasteiger partial charge in [-0.15, -0.1) is 11.6 Å². The van der Waals surface area contributed by atoms with Crippen LogP contribution in [0.25, 0.3) is 22.3 Å². The van der Waals surface area contributed by atoms with Gasteiger partial charge >= 0.3 is 0 Å². The molecule has 2 saturated heterocycles. The summed E-state index contributed by atoms with van der Waals surface area (Å²) in [7, 11) is 0. The zero-order chi connectivity index (χ0) is 21.2. The number of hydrogen-bond donors (Lipinski definition) is 1. The lowest BCUT2D eigenvalue weighted by Crippen LogP contribution is -2.49. The lowest BCUT2D eigenvalue weighted by atomic mass is 10.1. The van der Waals surface area contributed by atoms with Gasteiger partial charge in [-0.1, -0.05) is 12.1 Å². The minimum absolute atomic E-state index is 0.00574. The van der Waals surface area contributed by atoms with Crippen molar-refractivity contribution < 1.29 is 9.53 Å². The molecule has 0 unspecified atom stereocenters. The van der Waals surface area contributed by atoms with Gasteiger partial charge in [-0.2, -0.15) is 20.1 Å². The van der Waals surface area contributed by atoms with Crippen LogP contribution in [0.3, 0.4) is 0 Å². The molecule has 1 aromatic carbocycles. The van der Waals surface area contributed by atoms with E-state index in [2.05, 4.69) is 20.0 Å². The van der Waals surface area contributed by atoms with Crippen LogP contribution in [0.4, 0.5) is 11.9 Å². The van der Waals surface area contributed by atoms with E-state index in [4.69, 9.17) is 31.3 Å². The number of nitrogens with one attached hydrogen (secondary N) is 1. The molecule has 0 aliphatic carbocycles. The molecule has 2 fully saturated rings. The first-order valence-electron chi connectivity index (χ1n) is 10.3. The van der Waals surface area contributed by atoms with Gasteiger partial charge in [-0.3, -0.25) is 9.89 Å². The lowest BCUT2D eigenvalue weighted by Gasteiger charge is -2.35. The summed E-state index contributed by atoms with van der Waals surface area (Å²) in [6, 6.07) is 5.94. The Labute approximate surface area is 184 Å². The van der Waals surface area contributed by atoms with Crippen molar-refractivity contribution in [2.75, 3.05) is 68.2 Å². The Hall–Kier alpha value is -2.98. The van der Waals surface area contributed by atoms with E-state index >= 15 is 0 Å². The van der Waals surface area contributed by atoms with Crippen molar-refractivity contribution in [1.29, 1.82) is 0 Å². The van der Waals surface area contributed by atoms with Gasteiger partial charge in [0.1, 0.15) is 5.88 Å². The second-order valence-electron chi connectivity index (χ2n) is 7.50. The van der Waals surface area contributed by atoms with Crippen LogP contribution < -0.4 is 9.80 Å². The summed E-state index contributed by atoms with van der Waals surface area (Å²) in [5.74, 6) is 1.83. The van der Waals surface area contributed by atoms with Crippen LogP contribution in [-0.4, -0.2) is 94.3 Å². The number of rotatable bonds is 4. The Bertz CT molecular complexity index is 1080. The fourth-order valence-electron chi connectivity index (χ4n) is 3.92.